The number of benzene rings is 1. The molecule has 1 fully saturated rings. The molecule has 0 saturated carbocycles. The van der Waals surface area contributed by atoms with Gasteiger partial charge >= 0.3 is 12.1 Å². The van der Waals surface area contributed by atoms with E-state index in [-0.39, 0.29) is 12.5 Å². The number of carbonyl (C=O) groups is 2. The van der Waals surface area contributed by atoms with Crippen LogP contribution in [-0.4, -0.2) is 45.7 Å². The molecule has 134 valence electrons. The zero-order valence-corrected chi connectivity index (χ0v) is 14.8. The summed E-state index contributed by atoms with van der Waals surface area (Å²) in [7, 11) is 0. The van der Waals surface area contributed by atoms with Gasteiger partial charge in [-0.1, -0.05) is 18.2 Å². The summed E-state index contributed by atoms with van der Waals surface area (Å²) in [6, 6.07) is 7.87. The number of nitrogens with zero attached hydrogens (tertiary/aromatic N) is 1. The first-order chi connectivity index (χ1) is 11.8. The molecule has 2 unspecified atom stereocenters. The number of hydrogen-bond donors (Lipinski definition) is 2. The van der Waals surface area contributed by atoms with Crippen molar-refractivity contribution in [2.45, 2.75) is 38.7 Å². The van der Waals surface area contributed by atoms with E-state index in [9.17, 15) is 14.7 Å². The summed E-state index contributed by atoms with van der Waals surface area (Å²) in [6.07, 6.45) is 2.04. The van der Waals surface area contributed by atoms with Gasteiger partial charge in [0, 0.05) is 36.1 Å². The first-order valence-electron chi connectivity index (χ1n) is 8.53. The van der Waals surface area contributed by atoms with Crippen molar-refractivity contribution < 1.29 is 19.4 Å². The molecular formula is C19H24N2O4. The summed E-state index contributed by atoms with van der Waals surface area (Å²) in [5.74, 6) is -1.67. The minimum atomic E-state index is -0.886. The van der Waals surface area contributed by atoms with E-state index in [0.29, 0.717) is 13.0 Å². The number of hydrogen-bond acceptors (Lipinski definition) is 3. The number of amides is 1. The summed E-state index contributed by atoms with van der Waals surface area (Å²) in [5, 5.41) is 10.8. The third-order valence-electron chi connectivity index (χ3n) is 4.60. The van der Waals surface area contributed by atoms with Crippen LogP contribution in [0.1, 0.15) is 38.7 Å². The molecule has 2 heterocycles. The summed E-state index contributed by atoms with van der Waals surface area (Å²) < 4.78 is 5.39. The van der Waals surface area contributed by atoms with Gasteiger partial charge in [0.05, 0.1) is 5.92 Å². The molecule has 1 amide bonds. The molecule has 1 saturated heterocycles. The lowest BCUT2D eigenvalue weighted by atomic mass is 9.80. The monoisotopic (exact) mass is 344 g/mol. The highest BCUT2D eigenvalue weighted by molar-refractivity contribution is 5.85. The van der Waals surface area contributed by atoms with Crippen LogP contribution in [0.4, 0.5) is 4.79 Å². The molecule has 0 bridgehead atoms. The number of para-hydroxylation sites is 1. The molecule has 1 aliphatic heterocycles. The molecule has 6 nitrogen and oxygen atoms in total. The maximum Gasteiger partial charge on any atom is 0.410 e. The standard InChI is InChI=1S/C19H24N2O4/c1-19(2,3)25-18(24)21-9-8-12(15(11-21)17(22)23)14-10-20-16-7-5-4-6-13(14)16/h4-7,10,12,15,20H,8-9,11H2,1-3H3,(H,22,23). The summed E-state index contributed by atoms with van der Waals surface area (Å²) in [4.78, 5) is 28.9. The first-order valence-corrected chi connectivity index (χ1v) is 8.53. The van der Waals surface area contributed by atoms with Crippen LogP contribution < -0.4 is 0 Å². The Morgan fingerprint density at radius 1 is 1.28 bits per heavy atom. The average molecular weight is 344 g/mol. The van der Waals surface area contributed by atoms with Gasteiger partial charge in [-0.25, -0.2) is 4.79 Å². The van der Waals surface area contributed by atoms with E-state index in [1.165, 1.54) is 4.90 Å². The van der Waals surface area contributed by atoms with Crippen molar-refractivity contribution in [2.75, 3.05) is 13.1 Å². The summed E-state index contributed by atoms with van der Waals surface area (Å²) in [5.41, 5.74) is 1.41. The Kier molecular flexibility index (Phi) is 4.45. The number of carboxylic acids is 1. The highest BCUT2D eigenvalue weighted by Crippen LogP contribution is 2.37. The molecule has 2 atom stereocenters. The fraction of sp³-hybridized carbons (Fsp3) is 0.474. The maximum atomic E-state index is 12.3. The number of aliphatic carboxylic acids is 1. The fourth-order valence-electron chi connectivity index (χ4n) is 3.47. The van der Waals surface area contributed by atoms with Gasteiger partial charge in [0.1, 0.15) is 5.60 Å². The highest BCUT2D eigenvalue weighted by atomic mass is 16.6. The second kappa shape index (κ2) is 6.43. The topological polar surface area (TPSA) is 82.6 Å². The molecule has 1 aromatic carbocycles. The number of carbonyl (C=O) groups excluding carboxylic acids is 1. The molecule has 2 aromatic rings. The number of carboxylic acid groups (broad SMARTS) is 1. The number of likely N-dealkylation sites (tertiary alicyclic amines) is 1. The van der Waals surface area contributed by atoms with E-state index in [1.807, 2.05) is 30.5 Å². The van der Waals surface area contributed by atoms with Gasteiger partial charge in [0.25, 0.3) is 0 Å². The number of aromatic amines is 1. The molecule has 6 heteroatoms. The lowest BCUT2D eigenvalue weighted by molar-refractivity contribution is -0.144. The number of fused-ring (bicyclic) bond motifs is 1. The van der Waals surface area contributed by atoms with Gasteiger partial charge in [-0.3, -0.25) is 4.79 Å². The summed E-state index contributed by atoms with van der Waals surface area (Å²) in [6.45, 7) is 6.06. The van der Waals surface area contributed by atoms with Crippen molar-refractivity contribution >= 4 is 23.0 Å². The lowest BCUT2D eigenvalue weighted by Gasteiger charge is -2.37. The number of rotatable bonds is 2. The normalized spacial score (nSPS) is 21.3. The van der Waals surface area contributed by atoms with E-state index < -0.39 is 23.6 Å². The Bertz CT molecular complexity index is 790. The van der Waals surface area contributed by atoms with Crippen LogP contribution in [0.25, 0.3) is 10.9 Å². The van der Waals surface area contributed by atoms with Crippen molar-refractivity contribution in [3.05, 3.63) is 36.0 Å². The average Bonchev–Trinajstić information content (AvgIpc) is 2.96. The number of aromatic nitrogens is 1. The molecule has 0 radical (unpaired) electrons. The maximum absolute atomic E-state index is 12.3. The Morgan fingerprint density at radius 2 is 2.00 bits per heavy atom. The molecule has 3 rings (SSSR count). The number of H-pyrrole nitrogens is 1. The largest absolute Gasteiger partial charge is 0.481 e. The van der Waals surface area contributed by atoms with Gasteiger partial charge < -0.3 is 19.7 Å². The van der Waals surface area contributed by atoms with Crippen molar-refractivity contribution in [2.24, 2.45) is 5.92 Å². The third kappa shape index (κ3) is 3.62. The highest BCUT2D eigenvalue weighted by Gasteiger charge is 2.39. The molecule has 25 heavy (non-hydrogen) atoms. The first kappa shape index (κ1) is 17.3. The second-order valence-electron chi connectivity index (χ2n) is 7.56. The van der Waals surface area contributed by atoms with Gasteiger partial charge in [-0.2, -0.15) is 0 Å². The number of ether oxygens (including phenoxy) is 1. The van der Waals surface area contributed by atoms with Crippen LogP contribution in [0.15, 0.2) is 30.5 Å². The zero-order chi connectivity index (χ0) is 18.2. The molecule has 0 spiro atoms. The van der Waals surface area contributed by atoms with Gasteiger partial charge in [0.15, 0.2) is 0 Å². The van der Waals surface area contributed by atoms with Crippen molar-refractivity contribution in [3.8, 4) is 0 Å². The second-order valence-corrected chi connectivity index (χ2v) is 7.56. The minimum absolute atomic E-state index is 0.132. The number of piperidine rings is 1. The van der Waals surface area contributed by atoms with Crippen molar-refractivity contribution in [1.29, 1.82) is 0 Å². The smallest absolute Gasteiger partial charge is 0.410 e. The van der Waals surface area contributed by atoms with Crippen LogP contribution >= 0.6 is 0 Å². The van der Waals surface area contributed by atoms with Crippen LogP contribution in [0.2, 0.25) is 0 Å². The van der Waals surface area contributed by atoms with E-state index in [2.05, 4.69) is 4.98 Å². The SMILES string of the molecule is CC(C)(C)OC(=O)N1CCC(c2c[nH]c3ccccc23)C(C(=O)O)C1. The van der Waals surface area contributed by atoms with E-state index in [0.717, 1.165) is 16.5 Å². The van der Waals surface area contributed by atoms with Crippen molar-refractivity contribution in [1.82, 2.24) is 9.88 Å². The Hall–Kier alpha value is -2.50. The van der Waals surface area contributed by atoms with E-state index in [4.69, 9.17) is 4.74 Å². The predicted octanol–water partition coefficient (Wildman–Crippen LogP) is 3.59. The van der Waals surface area contributed by atoms with Crippen LogP contribution in [0.5, 0.6) is 0 Å². The quantitative estimate of drug-likeness (QED) is 0.872. The summed E-state index contributed by atoms with van der Waals surface area (Å²) >= 11 is 0. The molecular weight excluding hydrogens is 320 g/mol. The van der Waals surface area contributed by atoms with Crippen LogP contribution in [0.3, 0.4) is 0 Å². The Morgan fingerprint density at radius 3 is 2.68 bits per heavy atom. The van der Waals surface area contributed by atoms with Gasteiger partial charge in [0.2, 0.25) is 0 Å². The molecule has 1 aromatic heterocycles. The zero-order valence-electron chi connectivity index (χ0n) is 14.8. The van der Waals surface area contributed by atoms with Gasteiger partial charge in [-0.05, 0) is 38.8 Å². The van der Waals surface area contributed by atoms with Crippen molar-refractivity contribution in [3.63, 3.8) is 0 Å². The third-order valence-corrected chi connectivity index (χ3v) is 4.60. The molecule has 2 N–H and O–H groups in total. The van der Waals surface area contributed by atoms with E-state index in [1.54, 1.807) is 20.8 Å². The lowest BCUT2D eigenvalue weighted by Crippen LogP contribution is -2.47. The molecule has 0 aliphatic carbocycles. The van der Waals surface area contributed by atoms with Crippen LogP contribution in [0, 0.1) is 5.92 Å². The van der Waals surface area contributed by atoms with Crippen LogP contribution in [-0.2, 0) is 9.53 Å². The predicted molar refractivity (Wildman–Crippen MR) is 94.6 cm³/mol. The number of nitrogens with one attached hydrogen (secondary N) is 1. The minimum Gasteiger partial charge on any atom is -0.481 e. The Labute approximate surface area is 146 Å². The molecule has 1 aliphatic rings. The van der Waals surface area contributed by atoms with Gasteiger partial charge in [-0.15, -0.1) is 0 Å². The Balaban J connectivity index is 1.83. The van der Waals surface area contributed by atoms with E-state index >= 15 is 0 Å². The fourth-order valence-corrected chi connectivity index (χ4v) is 3.47.